The Morgan fingerprint density at radius 2 is 1.86 bits per heavy atom. The van der Waals surface area contributed by atoms with Crippen LogP contribution in [0.15, 0.2) is 36.7 Å². The summed E-state index contributed by atoms with van der Waals surface area (Å²) in [5, 5.41) is 7.98. The van der Waals surface area contributed by atoms with Gasteiger partial charge in [0, 0.05) is 36.0 Å². The van der Waals surface area contributed by atoms with E-state index in [1.807, 2.05) is 31.2 Å². The first-order valence-corrected chi connectivity index (χ1v) is 8.69. The maximum Gasteiger partial charge on any atom is 0.316 e. The van der Waals surface area contributed by atoms with E-state index in [4.69, 9.17) is 29.1 Å². The zero-order valence-corrected chi connectivity index (χ0v) is 16.1. The molecule has 0 saturated carbocycles. The predicted octanol–water partition coefficient (Wildman–Crippen LogP) is 3.12. The standard InChI is InChI=1S/C19H21N3O3.CH2O2/c1-4-24-7-8-25-15-5-6-16-13(2)9-17(22-18(16)10-15)14-11-20-19(23-3)21-12-14;2-1-3/h5-6,9-12H,4,7-8H2,1-3H3;1H,(H,2,3). The van der Waals surface area contributed by atoms with E-state index in [0.29, 0.717) is 25.8 Å². The second kappa shape index (κ2) is 10.8. The summed E-state index contributed by atoms with van der Waals surface area (Å²) in [7, 11) is 1.54. The fourth-order valence-corrected chi connectivity index (χ4v) is 2.54. The lowest BCUT2D eigenvalue weighted by atomic mass is 10.1. The summed E-state index contributed by atoms with van der Waals surface area (Å²) in [6, 6.07) is 8.30. The lowest BCUT2D eigenvalue weighted by Crippen LogP contribution is -2.06. The number of carbonyl (C=O) groups is 1. The number of pyridine rings is 1. The number of aryl methyl sites for hydroxylation is 1. The van der Waals surface area contributed by atoms with E-state index in [9.17, 15) is 0 Å². The highest BCUT2D eigenvalue weighted by atomic mass is 16.5. The molecule has 0 unspecified atom stereocenters. The molecule has 0 atom stereocenters. The molecule has 3 rings (SSSR count). The second-order valence-electron chi connectivity index (χ2n) is 5.61. The maximum atomic E-state index is 8.36. The van der Waals surface area contributed by atoms with Crippen LogP contribution >= 0.6 is 0 Å². The Balaban J connectivity index is 0.000000878. The molecule has 0 spiro atoms. The zero-order valence-electron chi connectivity index (χ0n) is 16.1. The molecule has 148 valence electrons. The quantitative estimate of drug-likeness (QED) is 0.489. The van der Waals surface area contributed by atoms with E-state index in [2.05, 4.69) is 16.9 Å². The van der Waals surface area contributed by atoms with Gasteiger partial charge < -0.3 is 19.3 Å². The SMILES string of the molecule is CCOCCOc1ccc2c(C)cc(-c3cnc(OC)nc3)nc2c1.O=CO. The topological polar surface area (TPSA) is 104 Å². The molecule has 8 nitrogen and oxygen atoms in total. The van der Waals surface area contributed by atoms with Crippen LogP contribution in [0, 0.1) is 6.92 Å². The zero-order chi connectivity index (χ0) is 20.4. The Labute approximate surface area is 163 Å². The largest absolute Gasteiger partial charge is 0.491 e. The molecule has 1 N–H and O–H groups in total. The summed E-state index contributed by atoms with van der Waals surface area (Å²) in [4.78, 5) is 21.4. The van der Waals surface area contributed by atoms with Gasteiger partial charge in [-0.3, -0.25) is 4.79 Å². The number of carboxylic acid groups (broad SMARTS) is 1. The third-order valence-electron chi connectivity index (χ3n) is 3.80. The number of methoxy groups -OCH3 is 1. The van der Waals surface area contributed by atoms with Gasteiger partial charge in [-0.2, -0.15) is 0 Å². The molecular weight excluding hydrogens is 362 g/mol. The van der Waals surface area contributed by atoms with Crippen molar-refractivity contribution in [3.63, 3.8) is 0 Å². The molecule has 0 fully saturated rings. The van der Waals surface area contributed by atoms with Crippen LogP contribution in [0.1, 0.15) is 12.5 Å². The molecule has 0 aliphatic rings. The van der Waals surface area contributed by atoms with Crippen LogP contribution < -0.4 is 9.47 Å². The van der Waals surface area contributed by atoms with Gasteiger partial charge in [0.25, 0.3) is 6.47 Å². The van der Waals surface area contributed by atoms with Gasteiger partial charge in [-0.1, -0.05) is 0 Å². The van der Waals surface area contributed by atoms with Crippen LogP contribution in [0.3, 0.4) is 0 Å². The summed E-state index contributed by atoms with van der Waals surface area (Å²) in [5.41, 5.74) is 3.67. The van der Waals surface area contributed by atoms with Crippen molar-refractivity contribution < 1.29 is 24.1 Å². The third-order valence-corrected chi connectivity index (χ3v) is 3.80. The average Bonchev–Trinajstić information content (AvgIpc) is 2.71. The molecule has 28 heavy (non-hydrogen) atoms. The van der Waals surface area contributed by atoms with Crippen LogP contribution in [0.4, 0.5) is 0 Å². The number of benzene rings is 1. The van der Waals surface area contributed by atoms with Crippen LogP contribution in [0.25, 0.3) is 22.2 Å². The van der Waals surface area contributed by atoms with Gasteiger partial charge in [0.1, 0.15) is 12.4 Å². The van der Waals surface area contributed by atoms with Crippen LogP contribution in [0.2, 0.25) is 0 Å². The minimum atomic E-state index is -0.250. The number of ether oxygens (including phenoxy) is 3. The van der Waals surface area contributed by atoms with Crippen LogP contribution in [-0.2, 0) is 9.53 Å². The minimum absolute atomic E-state index is 0.250. The fourth-order valence-electron chi connectivity index (χ4n) is 2.54. The molecule has 3 aromatic rings. The molecule has 0 aliphatic carbocycles. The van der Waals surface area contributed by atoms with Gasteiger partial charge in [0.05, 0.1) is 24.9 Å². The summed E-state index contributed by atoms with van der Waals surface area (Å²) >= 11 is 0. The Bertz CT molecular complexity index is 900. The molecule has 0 amide bonds. The van der Waals surface area contributed by atoms with E-state index in [0.717, 1.165) is 33.5 Å². The molecule has 0 saturated heterocycles. The van der Waals surface area contributed by atoms with Crippen LogP contribution in [-0.4, -0.2) is 53.5 Å². The Hall–Kier alpha value is -3.26. The first kappa shape index (κ1) is 21.0. The van der Waals surface area contributed by atoms with Crippen molar-refractivity contribution in [3.05, 3.63) is 42.2 Å². The highest BCUT2D eigenvalue weighted by molar-refractivity contribution is 5.86. The fraction of sp³-hybridized carbons (Fsp3) is 0.300. The van der Waals surface area contributed by atoms with Crippen molar-refractivity contribution in [1.82, 2.24) is 15.0 Å². The van der Waals surface area contributed by atoms with E-state index >= 15 is 0 Å². The lowest BCUT2D eigenvalue weighted by Gasteiger charge is -2.10. The van der Waals surface area contributed by atoms with Gasteiger partial charge in [0.15, 0.2) is 0 Å². The monoisotopic (exact) mass is 385 g/mol. The van der Waals surface area contributed by atoms with E-state index < -0.39 is 0 Å². The molecule has 0 bridgehead atoms. The number of hydrogen-bond acceptors (Lipinski definition) is 7. The van der Waals surface area contributed by atoms with E-state index in [1.54, 1.807) is 19.5 Å². The number of nitrogens with zero attached hydrogens (tertiary/aromatic N) is 3. The van der Waals surface area contributed by atoms with Crippen molar-refractivity contribution in [3.8, 4) is 23.0 Å². The molecular formula is C20H23N3O5. The highest BCUT2D eigenvalue weighted by Crippen LogP contribution is 2.27. The van der Waals surface area contributed by atoms with Crippen molar-refractivity contribution in [2.75, 3.05) is 26.9 Å². The molecule has 2 heterocycles. The predicted molar refractivity (Wildman–Crippen MR) is 105 cm³/mol. The first-order valence-electron chi connectivity index (χ1n) is 8.69. The van der Waals surface area contributed by atoms with Crippen molar-refractivity contribution in [2.45, 2.75) is 13.8 Å². The van der Waals surface area contributed by atoms with Crippen molar-refractivity contribution in [1.29, 1.82) is 0 Å². The van der Waals surface area contributed by atoms with Gasteiger partial charge in [-0.15, -0.1) is 0 Å². The maximum absolute atomic E-state index is 8.36. The van der Waals surface area contributed by atoms with Gasteiger partial charge in [-0.25, -0.2) is 15.0 Å². The van der Waals surface area contributed by atoms with Gasteiger partial charge >= 0.3 is 6.01 Å². The van der Waals surface area contributed by atoms with E-state index in [1.165, 1.54) is 0 Å². The number of hydrogen-bond donors (Lipinski definition) is 1. The normalized spacial score (nSPS) is 10.1. The average molecular weight is 385 g/mol. The minimum Gasteiger partial charge on any atom is -0.491 e. The molecule has 1 aromatic carbocycles. The Morgan fingerprint density at radius 3 is 2.50 bits per heavy atom. The number of rotatable bonds is 7. The van der Waals surface area contributed by atoms with Gasteiger partial charge in [-0.05, 0) is 37.6 Å². The highest BCUT2D eigenvalue weighted by Gasteiger charge is 2.08. The Morgan fingerprint density at radius 1 is 1.14 bits per heavy atom. The first-order chi connectivity index (χ1) is 13.6. The summed E-state index contributed by atoms with van der Waals surface area (Å²) in [6.07, 6.45) is 3.42. The van der Waals surface area contributed by atoms with Crippen molar-refractivity contribution >= 4 is 17.4 Å². The molecule has 0 radical (unpaired) electrons. The van der Waals surface area contributed by atoms with Gasteiger partial charge in [0.2, 0.25) is 0 Å². The Kier molecular flexibility index (Phi) is 8.11. The summed E-state index contributed by atoms with van der Waals surface area (Å²) in [5.74, 6) is 0.780. The third kappa shape index (κ3) is 5.62. The molecule has 0 aliphatic heterocycles. The summed E-state index contributed by atoms with van der Waals surface area (Å²) in [6.45, 7) is 5.56. The number of fused-ring (bicyclic) bond motifs is 1. The van der Waals surface area contributed by atoms with Crippen molar-refractivity contribution in [2.24, 2.45) is 0 Å². The van der Waals surface area contributed by atoms with Crippen LogP contribution in [0.5, 0.6) is 11.8 Å². The smallest absolute Gasteiger partial charge is 0.316 e. The molecule has 2 aromatic heterocycles. The van der Waals surface area contributed by atoms with E-state index in [-0.39, 0.29) is 6.47 Å². The lowest BCUT2D eigenvalue weighted by molar-refractivity contribution is -0.122. The molecule has 8 heteroatoms. The number of aromatic nitrogens is 3. The second-order valence-corrected chi connectivity index (χ2v) is 5.61. The summed E-state index contributed by atoms with van der Waals surface area (Å²) < 4.78 is 16.0.